The van der Waals surface area contributed by atoms with Crippen molar-refractivity contribution >= 4 is 22.4 Å². The van der Waals surface area contributed by atoms with E-state index in [9.17, 15) is 4.79 Å². The zero-order valence-electron chi connectivity index (χ0n) is 18.7. The Morgan fingerprint density at radius 3 is 2.26 bits per heavy atom. The van der Waals surface area contributed by atoms with E-state index in [1.165, 1.54) is 64.2 Å². The van der Waals surface area contributed by atoms with Crippen molar-refractivity contribution in [3.8, 4) is 0 Å². The first-order chi connectivity index (χ1) is 15.2. The Morgan fingerprint density at radius 1 is 0.903 bits per heavy atom. The third-order valence-corrected chi connectivity index (χ3v) is 10.0. The number of carbonyl (C=O) groups excluding carboxylic acids is 1. The van der Waals surface area contributed by atoms with Crippen LogP contribution in [0.5, 0.6) is 0 Å². The van der Waals surface area contributed by atoms with Gasteiger partial charge in [0.2, 0.25) is 11.0 Å². The molecule has 5 aliphatic carbocycles. The molecule has 7 rings (SSSR count). The number of amides is 1. The van der Waals surface area contributed by atoms with Crippen molar-refractivity contribution in [2.24, 2.45) is 23.7 Å². The molecule has 0 aromatic carbocycles. The number of hydrogen-bond acceptors (Lipinski definition) is 6. The zero-order valence-corrected chi connectivity index (χ0v) is 19.5. The molecule has 1 amide bonds. The molecule has 4 bridgehead atoms. The molecule has 5 saturated carbocycles. The summed E-state index contributed by atoms with van der Waals surface area (Å²) in [6, 6.07) is 0.836. The van der Waals surface area contributed by atoms with Crippen molar-refractivity contribution in [1.82, 2.24) is 20.0 Å². The van der Waals surface area contributed by atoms with Gasteiger partial charge in [0.15, 0.2) is 0 Å². The number of rotatable bonds is 5. The van der Waals surface area contributed by atoms with Gasteiger partial charge in [-0.15, -0.1) is 10.2 Å². The van der Waals surface area contributed by atoms with Gasteiger partial charge in [-0.2, -0.15) is 0 Å². The lowest BCUT2D eigenvalue weighted by atomic mass is 9.54. The zero-order chi connectivity index (χ0) is 20.8. The molecule has 6 aliphatic rings. The largest absolute Gasteiger partial charge is 0.299 e. The Balaban J connectivity index is 0.979. The second-order valence-electron chi connectivity index (χ2n) is 11.1. The van der Waals surface area contributed by atoms with Crippen LogP contribution in [0.3, 0.4) is 0 Å². The van der Waals surface area contributed by atoms with Crippen LogP contribution in [0.25, 0.3) is 0 Å². The lowest BCUT2D eigenvalue weighted by molar-refractivity contribution is -0.118. The molecule has 31 heavy (non-hydrogen) atoms. The average Bonchev–Trinajstić information content (AvgIpc) is 3.23. The summed E-state index contributed by atoms with van der Waals surface area (Å²) in [4.78, 5) is 17.7. The second kappa shape index (κ2) is 8.71. The quantitative estimate of drug-likeness (QED) is 0.746. The van der Waals surface area contributed by atoms with Crippen LogP contribution < -0.4 is 5.32 Å². The van der Waals surface area contributed by atoms with Gasteiger partial charge in [-0.05, 0) is 68.6 Å². The molecule has 7 heteroatoms. The molecule has 1 aliphatic heterocycles. The molecule has 6 fully saturated rings. The lowest BCUT2D eigenvalue weighted by Crippen LogP contribution is -2.60. The predicted molar refractivity (Wildman–Crippen MR) is 123 cm³/mol. The van der Waals surface area contributed by atoms with Gasteiger partial charge in [-0.25, -0.2) is 0 Å². The monoisotopic (exact) mass is 443 g/mol. The highest BCUT2D eigenvalue weighted by molar-refractivity contribution is 7.15. The summed E-state index contributed by atoms with van der Waals surface area (Å²) in [5, 5.41) is 13.4. The third-order valence-electron chi connectivity index (χ3n) is 9.01. The summed E-state index contributed by atoms with van der Waals surface area (Å²) in [5.41, 5.74) is 0. The molecule has 1 saturated heterocycles. The Hall–Kier alpha value is -1.05. The summed E-state index contributed by atoms with van der Waals surface area (Å²) in [6.45, 7) is 4.77. The number of hydrogen-bond donors (Lipinski definition) is 1. The number of nitrogens with one attached hydrogen (secondary N) is 1. The van der Waals surface area contributed by atoms with Crippen LogP contribution in [0.4, 0.5) is 5.13 Å². The minimum Gasteiger partial charge on any atom is -0.299 e. The summed E-state index contributed by atoms with van der Waals surface area (Å²) in [6.07, 6.45) is 13.9. The van der Waals surface area contributed by atoms with Crippen molar-refractivity contribution in [1.29, 1.82) is 0 Å². The lowest BCUT2D eigenvalue weighted by Gasteiger charge is -2.58. The predicted octanol–water partition coefficient (Wildman–Crippen LogP) is 3.97. The molecule has 6 nitrogen and oxygen atoms in total. The molecule has 2 heterocycles. The van der Waals surface area contributed by atoms with E-state index >= 15 is 0 Å². The Kier molecular flexibility index (Phi) is 5.78. The normalized spacial score (nSPS) is 36.7. The minimum absolute atomic E-state index is 0.0643. The van der Waals surface area contributed by atoms with Crippen LogP contribution >= 0.6 is 11.3 Å². The van der Waals surface area contributed by atoms with E-state index < -0.39 is 0 Å². The Bertz CT molecular complexity index is 755. The van der Waals surface area contributed by atoms with Crippen molar-refractivity contribution in [2.45, 2.75) is 76.2 Å². The highest BCUT2D eigenvalue weighted by atomic mass is 32.1. The van der Waals surface area contributed by atoms with Crippen LogP contribution in [0.15, 0.2) is 0 Å². The van der Waals surface area contributed by atoms with Gasteiger partial charge in [-0.1, -0.05) is 30.6 Å². The maximum absolute atomic E-state index is 12.6. The first-order valence-corrected chi connectivity index (χ1v) is 13.6. The fourth-order valence-corrected chi connectivity index (χ4v) is 8.80. The number of anilines is 1. The van der Waals surface area contributed by atoms with Crippen LogP contribution in [-0.4, -0.2) is 64.7 Å². The molecule has 0 spiro atoms. The number of aromatic nitrogens is 2. The van der Waals surface area contributed by atoms with E-state index in [0.717, 1.165) is 60.9 Å². The highest BCUT2D eigenvalue weighted by Crippen LogP contribution is 2.55. The highest BCUT2D eigenvalue weighted by Gasteiger charge is 2.50. The summed E-state index contributed by atoms with van der Waals surface area (Å²) < 4.78 is 0. The first kappa shape index (κ1) is 20.5. The van der Waals surface area contributed by atoms with Gasteiger partial charge in [-0.3, -0.25) is 19.9 Å². The molecule has 0 unspecified atom stereocenters. The Morgan fingerprint density at radius 2 is 1.58 bits per heavy atom. The van der Waals surface area contributed by atoms with Crippen LogP contribution in [0.1, 0.15) is 75.1 Å². The standard InChI is InChI=1S/C24H37N5OS/c30-21(25-24-27-26-23(31-24)18-4-2-1-3-5-18)15-28-6-8-29(9-7-28)22-19-11-16-10-17(13-19)14-20(22)12-16/h16-20,22H,1-15H2,(H,25,27,30). The number of piperazine rings is 1. The summed E-state index contributed by atoms with van der Waals surface area (Å²) >= 11 is 1.58. The van der Waals surface area contributed by atoms with E-state index in [4.69, 9.17) is 0 Å². The smallest absolute Gasteiger partial charge is 0.240 e. The molecular formula is C24H37N5OS. The summed E-state index contributed by atoms with van der Waals surface area (Å²) in [7, 11) is 0. The van der Waals surface area contributed by atoms with Gasteiger partial charge in [0, 0.05) is 38.1 Å². The molecule has 0 atom stereocenters. The molecule has 1 N–H and O–H groups in total. The minimum atomic E-state index is 0.0643. The number of carbonyl (C=O) groups is 1. The molecular weight excluding hydrogens is 406 g/mol. The summed E-state index contributed by atoms with van der Waals surface area (Å²) in [5.74, 6) is 4.62. The maximum atomic E-state index is 12.6. The van der Waals surface area contributed by atoms with Gasteiger partial charge in [0.25, 0.3) is 0 Å². The van der Waals surface area contributed by atoms with Crippen molar-refractivity contribution in [3.05, 3.63) is 5.01 Å². The van der Waals surface area contributed by atoms with Crippen molar-refractivity contribution in [3.63, 3.8) is 0 Å². The topological polar surface area (TPSA) is 61.4 Å². The van der Waals surface area contributed by atoms with Crippen molar-refractivity contribution in [2.75, 3.05) is 38.0 Å². The third kappa shape index (κ3) is 4.30. The van der Waals surface area contributed by atoms with Crippen molar-refractivity contribution < 1.29 is 4.79 Å². The van der Waals surface area contributed by atoms with Crippen LogP contribution in [0.2, 0.25) is 0 Å². The van der Waals surface area contributed by atoms with Gasteiger partial charge in [0.05, 0.1) is 6.54 Å². The Labute approximate surface area is 190 Å². The average molecular weight is 444 g/mol. The van der Waals surface area contributed by atoms with Gasteiger partial charge < -0.3 is 0 Å². The SMILES string of the molecule is O=C(CN1CCN(C2C3CC4CC(C3)CC2C4)CC1)Nc1nnc(C2CCCCC2)s1. The van der Waals surface area contributed by atoms with E-state index in [1.807, 2.05) is 0 Å². The fraction of sp³-hybridized carbons (Fsp3) is 0.875. The fourth-order valence-electron chi connectivity index (χ4n) is 7.87. The first-order valence-electron chi connectivity index (χ1n) is 12.8. The number of nitrogens with zero attached hydrogens (tertiary/aromatic N) is 4. The van der Waals surface area contributed by atoms with Crippen LogP contribution in [0, 0.1) is 23.7 Å². The van der Waals surface area contributed by atoms with E-state index in [1.54, 1.807) is 11.3 Å². The molecule has 1 aromatic rings. The second-order valence-corrected chi connectivity index (χ2v) is 12.1. The maximum Gasteiger partial charge on any atom is 0.240 e. The molecule has 0 radical (unpaired) electrons. The van der Waals surface area contributed by atoms with E-state index in [0.29, 0.717) is 17.6 Å². The van der Waals surface area contributed by atoms with Gasteiger partial charge in [0.1, 0.15) is 5.01 Å². The van der Waals surface area contributed by atoms with E-state index in [2.05, 4.69) is 25.3 Å². The van der Waals surface area contributed by atoms with Crippen LogP contribution in [-0.2, 0) is 4.79 Å². The molecule has 1 aromatic heterocycles. The van der Waals surface area contributed by atoms with Gasteiger partial charge >= 0.3 is 0 Å². The molecule has 170 valence electrons. The van der Waals surface area contributed by atoms with E-state index in [-0.39, 0.29) is 5.91 Å².